The van der Waals surface area contributed by atoms with Gasteiger partial charge in [0.1, 0.15) is 11.2 Å². The lowest BCUT2D eigenvalue weighted by Gasteiger charge is -2.19. The van der Waals surface area contributed by atoms with Crippen molar-refractivity contribution in [1.82, 2.24) is 0 Å². The average Bonchev–Trinajstić information content (AvgIpc) is 3.67. The topological polar surface area (TPSA) is 13.1 Å². The first-order valence-electron chi connectivity index (χ1n) is 22.3. The van der Waals surface area contributed by atoms with Gasteiger partial charge in [0.05, 0.1) is 17.8 Å². The molecule has 1 heteroatoms. The smallest absolute Gasteiger partial charge is 0.136 e. The largest absolute Gasteiger partial charge is 0.456 e. The molecule has 1 nitrogen and oxygen atoms in total. The molecule has 0 aliphatic carbocycles. The van der Waals surface area contributed by atoms with Gasteiger partial charge >= 0.3 is 0 Å². The second-order valence-corrected chi connectivity index (χ2v) is 11.9. The standard InChI is InChI=1S/C48H30O/c1-3-14-31(15-4-1)37-24-13-25-45-48(37)43-29-33(26-27-44(43)49-45)35-28-34-18-7-8-19-36(34)42(30-35)47-40-22-11-9-20-38(40)46(32-16-5-2-6-17-32)39-21-10-12-23-41(39)47/h1-30H/i2D,5D,6D,9D,10D,11D,12D,16D,17D,20D,21D,22D,23D. The van der Waals surface area contributed by atoms with Crippen LogP contribution in [0.5, 0.6) is 0 Å². The molecule has 0 spiro atoms. The minimum Gasteiger partial charge on any atom is -0.456 e. The molecular formula is C48H30O. The molecule has 0 radical (unpaired) electrons. The fourth-order valence-electron chi connectivity index (χ4n) is 7.07. The van der Waals surface area contributed by atoms with Gasteiger partial charge in [0, 0.05) is 10.8 Å². The van der Waals surface area contributed by atoms with Crippen LogP contribution in [0.4, 0.5) is 0 Å². The quantitative estimate of drug-likeness (QED) is 0.175. The minimum absolute atomic E-state index is 0.0735. The van der Waals surface area contributed by atoms with Gasteiger partial charge in [-0.3, -0.25) is 0 Å². The monoisotopic (exact) mass is 635 g/mol. The molecule has 1 heterocycles. The van der Waals surface area contributed by atoms with E-state index in [0.717, 1.165) is 32.8 Å². The molecule has 0 bridgehead atoms. The summed E-state index contributed by atoms with van der Waals surface area (Å²) in [6.07, 6.45) is 0. The summed E-state index contributed by atoms with van der Waals surface area (Å²) >= 11 is 0. The van der Waals surface area contributed by atoms with Crippen LogP contribution in [-0.4, -0.2) is 0 Å². The van der Waals surface area contributed by atoms with Crippen LogP contribution in [0.3, 0.4) is 0 Å². The first kappa shape index (κ1) is 17.6. The van der Waals surface area contributed by atoms with Crippen molar-refractivity contribution in [2.45, 2.75) is 0 Å². The second-order valence-electron chi connectivity index (χ2n) is 11.9. The molecule has 10 rings (SSSR count). The molecule has 0 saturated heterocycles. The van der Waals surface area contributed by atoms with Crippen molar-refractivity contribution in [2.75, 3.05) is 0 Å². The van der Waals surface area contributed by atoms with E-state index in [1.165, 1.54) is 0 Å². The van der Waals surface area contributed by atoms with Crippen molar-refractivity contribution in [3.63, 3.8) is 0 Å². The van der Waals surface area contributed by atoms with E-state index >= 15 is 0 Å². The fourth-order valence-corrected chi connectivity index (χ4v) is 7.07. The highest BCUT2D eigenvalue weighted by Gasteiger charge is 2.19. The maximum Gasteiger partial charge on any atom is 0.136 e. The summed E-state index contributed by atoms with van der Waals surface area (Å²) in [4.78, 5) is 0. The Hall–Kier alpha value is -6.44. The molecule has 0 unspecified atom stereocenters. The van der Waals surface area contributed by atoms with Gasteiger partial charge < -0.3 is 4.42 Å². The third-order valence-electron chi connectivity index (χ3n) is 9.17. The summed E-state index contributed by atoms with van der Waals surface area (Å²) < 4.78 is 123. The van der Waals surface area contributed by atoms with Crippen LogP contribution in [-0.2, 0) is 0 Å². The molecule has 0 atom stereocenters. The van der Waals surface area contributed by atoms with Gasteiger partial charge in [0.25, 0.3) is 0 Å². The van der Waals surface area contributed by atoms with Gasteiger partial charge in [-0.05, 0) is 107 Å². The van der Waals surface area contributed by atoms with E-state index in [0.29, 0.717) is 27.7 Å². The van der Waals surface area contributed by atoms with Gasteiger partial charge in [-0.25, -0.2) is 0 Å². The predicted molar refractivity (Wildman–Crippen MR) is 208 cm³/mol. The summed E-state index contributed by atoms with van der Waals surface area (Å²) in [6, 6.07) is 24.5. The van der Waals surface area contributed by atoms with Gasteiger partial charge in [-0.1, -0.05) is 151 Å². The molecule has 0 fully saturated rings. The summed E-state index contributed by atoms with van der Waals surface area (Å²) in [7, 11) is 0. The lowest BCUT2D eigenvalue weighted by molar-refractivity contribution is 0.669. The molecular weight excluding hydrogens is 593 g/mol. The zero-order chi connectivity index (χ0) is 43.6. The molecule has 0 N–H and O–H groups in total. The lowest BCUT2D eigenvalue weighted by atomic mass is 9.84. The first-order valence-corrected chi connectivity index (χ1v) is 15.8. The summed E-state index contributed by atoms with van der Waals surface area (Å²) in [5, 5.41) is 2.32. The third-order valence-corrected chi connectivity index (χ3v) is 9.17. The minimum atomic E-state index is -0.718. The normalized spacial score (nSPS) is 15.4. The zero-order valence-corrected chi connectivity index (χ0v) is 25.7. The third kappa shape index (κ3) is 4.40. The van der Waals surface area contributed by atoms with Crippen molar-refractivity contribution < 1.29 is 22.2 Å². The Balaban J connectivity index is 1.40. The molecule has 228 valence electrons. The van der Waals surface area contributed by atoms with Crippen LogP contribution in [0.2, 0.25) is 0 Å². The van der Waals surface area contributed by atoms with E-state index in [2.05, 4.69) is 0 Å². The highest BCUT2D eigenvalue weighted by atomic mass is 16.3. The second kappa shape index (κ2) is 11.1. The van der Waals surface area contributed by atoms with Gasteiger partial charge in [-0.15, -0.1) is 0 Å². The summed E-state index contributed by atoms with van der Waals surface area (Å²) in [5.41, 5.74) is 4.51. The van der Waals surface area contributed by atoms with Crippen LogP contribution in [0, 0.1) is 0 Å². The first-order chi connectivity index (χ1) is 29.7. The van der Waals surface area contributed by atoms with E-state index in [1.807, 2.05) is 97.1 Å². The van der Waals surface area contributed by atoms with E-state index in [4.69, 9.17) is 16.8 Å². The fraction of sp³-hybridized carbons (Fsp3) is 0. The van der Waals surface area contributed by atoms with E-state index in [9.17, 15) is 5.48 Å². The van der Waals surface area contributed by atoms with Crippen LogP contribution >= 0.6 is 0 Å². The van der Waals surface area contributed by atoms with E-state index < -0.39 is 84.1 Å². The zero-order valence-electron chi connectivity index (χ0n) is 38.7. The Labute approximate surface area is 302 Å². The van der Waals surface area contributed by atoms with E-state index in [-0.39, 0.29) is 32.7 Å². The summed E-state index contributed by atoms with van der Waals surface area (Å²) in [5.74, 6) is 0. The number of rotatable bonds is 4. The van der Waals surface area contributed by atoms with Crippen molar-refractivity contribution in [1.29, 1.82) is 0 Å². The molecule has 1 aromatic heterocycles. The maximum absolute atomic E-state index is 9.47. The van der Waals surface area contributed by atoms with Crippen LogP contribution < -0.4 is 0 Å². The number of hydrogen-bond donors (Lipinski definition) is 0. The number of fused-ring (bicyclic) bond motifs is 6. The molecule has 49 heavy (non-hydrogen) atoms. The van der Waals surface area contributed by atoms with Crippen LogP contribution in [0.15, 0.2) is 186 Å². The predicted octanol–water partition coefficient (Wildman–Crippen LogP) is 13.7. The van der Waals surface area contributed by atoms with Crippen molar-refractivity contribution >= 4 is 54.3 Å². The molecule has 0 amide bonds. The Kier molecular flexibility index (Phi) is 3.99. The van der Waals surface area contributed by atoms with Crippen molar-refractivity contribution in [3.8, 4) is 44.5 Å². The highest BCUT2D eigenvalue weighted by Crippen LogP contribution is 2.47. The van der Waals surface area contributed by atoms with Crippen molar-refractivity contribution in [3.05, 3.63) is 182 Å². The van der Waals surface area contributed by atoms with E-state index in [1.54, 1.807) is 6.07 Å². The van der Waals surface area contributed by atoms with Gasteiger partial charge in [0.15, 0.2) is 0 Å². The number of benzene rings is 9. The van der Waals surface area contributed by atoms with Crippen LogP contribution in [0.1, 0.15) is 17.8 Å². The molecule has 0 aliphatic heterocycles. The number of hydrogen-bond acceptors (Lipinski definition) is 1. The SMILES string of the molecule is [2H]c1c([2H])c([2H])c(-c2c3c([2H])c([2H])c([2H])c([2H])c3c(-c3cc(-c4ccc5oc6cccc(-c7ccccc7)c6c5c4)cc4ccccc34)c3c([2H])c([2H])c([2H])c([2H])c23)c([2H])c1[2H]. The molecule has 0 saturated carbocycles. The molecule has 10 aromatic rings. The van der Waals surface area contributed by atoms with Gasteiger partial charge in [-0.2, -0.15) is 0 Å². The summed E-state index contributed by atoms with van der Waals surface area (Å²) in [6.45, 7) is 0. The van der Waals surface area contributed by atoms with Crippen molar-refractivity contribution in [2.24, 2.45) is 0 Å². The number of furan rings is 1. The van der Waals surface area contributed by atoms with Crippen LogP contribution in [0.25, 0.3) is 98.8 Å². The maximum atomic E-state index is 9.47. The lowest BCUT2D eigenvalue weighted by Crippen LogP contribution is -1.92. The average molecular weight is 636 g/mol. The Morgan fingerprint density at radius 2 is 1.04 bits per heavy atom. The Morgan fingerprint density at radius 1 is 0.367 bits per heavy atom. The highest BCUT2D eigenvalue weighted by molar-refractivity contribution is 6.24. The van der Waals surface area contributed by atoms with Gasteiger partial charge in [0.2, 0.25) is 0 Å². The Morgan fingerprint density at radius 3 is 1.80 bits per heavy atom. The Bertz CT molecular complexity index is 3510. The molecule has 9 aromatic carbocycles. The molecule has 0 aliphatic rings.